The van der Waals surface area contributed by atoms with E-state index in [1.54, 1.807) is 79.4 Å². The van der Waals surface area contributed by atoms with Gasteiger partial charge in [-0.3, -0.25) is 24.5 Å². The zero-order valence-corrected chi connectivity index (χ0v) is 23.9. The van der Waals surface area contributed by atoms with Crippen molar-refractivity contribution in [3.8, 4) is 11.4 Å². The molecule has 0 aromatic carbocycles. The third-order valence-electron chi connectivity index (χ3n) is 5.03. The molecule has 12 nitrogen and oxygen atoms in total. The summed E-state index contributed by atoms with van der Waals surface area (Å²) >= 11 is 0. The van der Waals surface area contributed by atoms with Crippen molar-refractivity contribution < 1.29 is 19.1 Å². The molecule has 0 aliphatic carbocycles. The van der Waals surface area contributed by atoms with Crippen LogP contribution in [0, 0.1) is 0 Å². The summed E-state index contributed by atoms with van der Waals surface area (Å²) in [6.45, 7) is 1.52. The van der Waals surface area contributed by atoms with Crippen molar-refractivity contribution in [3.05, 3.63) is 97.2 Å². The summed E-state index contributed by atoms with van der Waals surface area (Å²) in [7, 11) is 10.7. The summed E-state index contributed by atoms with van der Waals surface area (Å²) in [4.78, 5) is 34.5. The molecule has 12 heteroatoms. The summed E-state index contributed by atoms with van der Waals surface area (Å²) < 4.78 is 13.0. The van der Waals surface area contributed by atoms with Crippen molar-refractivity contribution in [2.75, 3.05) is 42.4 Å². The van der Waals surface area contributed by atoms with E-state index in [4.69, 9.17) is 9.47 Å². The molecule has 4 aromatic rings. The van der Waals surface area contributed by atoms with Gasteiger partial charge in [0.05, 0.1) is 47.3 Å². The fourth-order valence-corrected chi connectivity index (χ4v) is 3.05. The molecule has 212 valence electrons. The van der Waals surface area contributed by atoms with Gasteiger partial charge in [-0.25, -0.2) is 9.36 Å². The van der Waals surface area contributed by atoms with E-state index >= 15 is 0 Å². The second-order valence-corrected chi connectivity index (χ2v) is 8.71. The fourth-order valence-electron chi connectivity index (χ4n) is 3.05. The van der Waals surface area contributed by atoms with E-state index in [9.17, 15) is 9.59 Å². The minimum absolute atomic E-state index is 0.0140. The molecule has 40 heavy (non-hydrogen) atoms. The van der Waals surface area contributed by atoms with Gasteiger partial charge < -0.3 is 14.4 Å². The second kappa shape index (κ2) is 16.4. The largest absolute Gasteiger partial charge is 0.383 e. The van der Waals surface area contributed by atoms with E-state index in [-0.39, 0.29) is 18.0 Å². The topological polar surface area (TPSA) is 120 Å². The van der Waals surface area contributed by atoms with E-state index < -0.39 is 0 Å². The normalized spacial score (nSPS) is 10.6. The Bertz CT molecular complexity index is 1330. The Balaban J connectivity index is 0.000000227. The molecule has 0 atom stereocenters. The van der Waals surface area contributed by atoms with E-state index in [0.29, 0.717) is 11.1 Å². The molecule has 0 N–H and O–H groups in total. The smallest absolute Gasteiger partial charge is 0.217 e. The molecular weight excluding hydrogens is 512 g/mol. The van der Waals surface area contributed by atoms with Gasteiger partial charge in [-0.15, -0.1) is 0 Å². The Labute approximate surface area is 234 Å². The first kappa shape index (κ1) is 31.7. The van der Waals surface area contributed by atoms with Crippen molar-refractivity contribution >= 4 is 11.6 Å². The predicted molar refractivity (Wildman–Crippen MR) is 151 cm³/mol. The highest BCUT2D eigenvalue weighted by molar-refractivity contribution is 6.04. The lowest BCUT2D eigenvalue weighted by atomic mass is 10.2. The minimum Gasteiger partial charge on any atom is -0.383 e. The molecule has 0 unspecified atom stereocenters. The molecule has 0 fully saturated rings. The Morgan fingerprint density at radius 1 is 0.825 bits per heavy atom. The molecule has 0 radical (unpaired) electrons. The third kappa shape index (κ3) is 10.3. The van der Waals surface area contributed by atoms with Crippen LogP contribution in [0.5, 0.6) is 0 Å². The van der Waals surface area contributed by atoms with Gasteiger partial charge in [-0.1, -0.05) is 0 Å². The highest BCUT2D eigenvalue weighted by Gasteiger charge is 2.07. The Morgan fingerprint density at radius 2 is 1.32 bits per heavy atom. The first-order valence-electron chi connectivity index (χ1n) is 12.2. The van der Waals surface area contributed by atoms with Crippen LogP contribution in [0.3, 0.4) is 0 Å². The van der Waals surface area contributed by atoms with Crippen molar-refractivity contribution in [2.24, 2.45) is 0 Å². The average molecular weight is 549 g/mol. The van der Waals surface area contributed by atoms with Crippen molar-refractivity contribution in [3.63, 3.8) is 0 Å². The zero-order valence-electron chi connectivity index (χ0n) is 23.9. The summed E-state index contributed by atoms with van der Waals surface area (Å²) in [5.74, 6) is -0.0565. The van der Waals surface area contributed by atoms with Crippen LogP contribution in [0.1, 0.15) is 27.6 Å². The van der Waals surface area contributed by atoms with Crippen LogP contribution in [0.25, 0.3) is 11.4 Å². The molecule has 4 aromatic heterocycles. The molecule has 0 aliphatic rings. The Hall–Kier alpha value is -4.52. The number of hydrogen-bond donors (Lipinski definition) is 0. The van der Waals surface area contributed by atoms with Crippen LogP contribution in [-0.2, 0) is 9.47 Å². The number of rotatable bonds is 9. The number of Topliss-reactive ketones (excluding diaryl/α,β-unsaturated/α-hetero) is 1. The molecule has 0 saturated heterocycles. The minimum atomic E-state index is -0.213. The lowest BCUT2D eigenvalue weighted by Gasteiger charge is -2.19. The molecule has 0 bridgehead atoms. The number of ketones is 2. The maximum Gasteiger partial charge on any atom is 0.217 e. The Kier molecular flexibility index (Phi) is 13.0. The molecule has 0 amide bonds. The number of carbonyl (C=O) groups excluding carboxylic acids is 2. The van der Waals surface area contributed by atoms with Gasteiger partial charge >= 0.3 is 0 Å². The van der Waals surface area contributed by atoms with Crippen molar-refractivity contribution in [1.82, 2.24) is 39.3 Å². The molecular formula is C28H36N8O4. The zero-order chi connectivity index (χ0) is 29.5. The van der Waals surface area contributed by atoms with Gasteiger partial charge in [0, 0.05) is 65.4 Å². The van der Waals surface area contributed by atoms with Crippen LogP contribution in [0.2, 0.25) is 0 Å². The molecule has 0 saturated carbocycles. The number of hydrogen-bond acceptors (Lipinski definition) is 10. The lowest BCUT2D eigenvalue weighted by molar-refractivity contribution is -0.179. The number of carbonyl (C=O) groups is 2. The van der Waals surface area contributed by atoms with Crippen LogP contribution in [0.15, 0.2) is 86.1 Å². The standard InChI is InChI=1S/C13H14N4O.C10H9N3O.C5H13NO2/c1-16(2)7-5-13(18)11-8-15-17(10-11)12-4-3-6-14-9-12;1-8(14)9-5-12-13(7-9)10-3-2-4-11-6-10;1-6(2)5(7-3)8-4/h3-10H,1-2H3;2-7H,1H3;5H,1-4H3/b7-5+;;. The lowest BCUT2D eigenvalue weighted by Crippen LogP contribution is -2.30. The van der Waals surface area contributed by atoms with Crippen LogP contribution < -0.4 is 0 Å². The first-order valence-corrected chi connectivity index (χ1v) is 12.2. The van der Waals surface area contributed by atoms with Gasteiger partial charge in [0.25, 0.3) is 0 Å². The SMILES string of the molecule is CC(=O)c1cnn(-c2cccnc2)c1.CN(C)/C=C/C(=O)c1cnn(-c2cccnc2)c1.COC(OC)N(C)C. The summed E-state index contributed by atoms with van der Waals surface area (Å²) in [5.41, 5.74) is 2.83. The van der Waals surface area contributed by atoms with Gasteiger partial charge in [0.2, 0.25) is 6.41 Å². The summed E-state index contributed by atoms with van der Waals surface area (Å²) in [6, 6.07) is 7.41. The predicted octanol–water partition coefficient (Wildman–Crippen LogP) is 3.12. The number of aromatic nitrogens is 6. The molecule has 4 heterocycles. The van der Waals surface area contributed by atoms with Crippen LogP contribution in [0.4, 0.5) is 0 Å². The Morgan fingerprint density at radius 3 is 1.68 bits per heavy atom. The maximum atomic E-state index is 11.8. The maximum absolute atomic E-state index is 11.8. The fraction of sp³-hybridized carbons (Fsp3) is 0.286. The van der Waals surface area contributed by atoms with Crippen molar-refractivity contribution in [2.45, 2.75) is 13.3 Å². The van der Waals surface area contributed by atoms with Gasteiger partial charge in [-0.05, 0) is 45.3 Å². The number of nitrogens with zero attached hydrogens (tertiary/aromatic N) is 8. The highest BCUT2D eigenvalue weighted by atomic mass is 16.7. The van der Waals surface area contributed by atoms with Gasteiger partial charge in [0.1, 0.15) is 0 Å². The number of ether oxygens (including phenoxy) is 2. The third-order valence-corrected chi connectivity index (χ3v) is 5.03. The molecule has 4 rings (SSSR count). The van der Waals surface area contributed by atoms with E-state index in [2.05, 4.69) is 20.2 Å². The monoisotopic (exact) mass is 548 g/mol. The number of allylic oxidation sites excluding steroid dienone is 1. The van der Waals surface area contributed by atoms with Crippen LogP contribution in [-0.4, -0.2) is 99.7 Å². The van der Waals surface area contributed by atoms with Gasteiger partial charge in [0.15, 0.2) is 11.6 Å². The quantitative estimate of drug-likeness (QED) is 0.175. The summed E-state index contributed by atoms with van der Waals surface area (Å²) in [6.07, 6.45) is 16.3. The molecule has 0 aliphatic heterocycles. The average Bonchev–Trinajstić information content (AvgIpc) is 3.65. The second-order valence-electron chi connectivity index (χ2n) is 8.71. The summed E-state index contributed by atoms with van der Waals surface area (Å²) in [5, 5.41) is 8.21. The number of pyridine rings is 2. The van der Waals surface area contributed by atoms with E-state index in [1.807, 2.05) is 62.3 Å². The van der Waals surface area contributed by atoms with Crippen molar-refractivity contribution in [1.29, 1.82) is 0 Å². The van der Waals surface area contributed by atoms with E-state index in [0.717, 1.165) is 11.4 Å². The van der Waals surface area contributed by atoms with Crippen LogP contribution >= 0.6 is 0 Å². The molecule has 0 spiro atoms. The highest BCUT2D eigenvalue weighted by Crippen LogP contribution is 2.08. The van der Waals surface area contributed by atoms with Gasteiger partial charge in [-0.2, -0.15) is 10.2 Å². The first-order chi connectivity index (χ1) is 19.2. The number of methoxy groups -OCH3 is 2. The van der Waals surface area contributed by atoms with E-state index in [1.165, 1.54) is 13.0 Å².